The van der Waals surface area contributed by atoms with E-state index >= 15 is 0 Å². The number of ether oxygens (including phenoxy) is 2. The van der Waals surface area contributed by atoms with Gasteiger partial charge in [0, 0.05) is 19.1 Å². The zero-order valence-electron chi connectivity index (χ0n) is 14.7. The van der Waals surface area contributed by atoms with Crippen LogP contribution in [0.3, 0.4) is 0 Å². The Balaban J connectivity index is 1.71. The summed E-state index contributed by atoms with van der Waals surface area (Å²) in [5, 5.41) is 9.08. The van der Waals surface area contributed by atoms with Crippen molar-refractivity contribution in [1.29, 1.82) is 0 Å². The van der Waals surface area contributed by atoms with E-state index in [0.29, 0.717) is 16.8 Å². The van der Waals surface area contributed by atoms with Crippen LogP contribution in [0.15, 0.2) is 42.5 Å². The highest BCUT2D eigenvalue weighted by atomic mass is 35.5. The lowest BCUT2D eigenvalue weighted by Crippen LogP contribution is -2.37. The molecule has 1 atom stereocenters. The number of benzene rings is 2. The van der Waals surface area contributed by atoms with Gasteiger partial charge in [-0.25, -0.2) is 4.79 Å². The standard InChI is InChI=1S/C20H22ClNO4/c1-14(22-8-10-25-11-9-22)15-2-4-16(5-3-15)17-6-7-19(18(21)12-17)26-13-20(23)24/h2-7,12,14H,8-11,13H2,1H3,(H,23,24)/t14-/m1/s1. The van der Waals surface area contributed by atoms with Gasteiger partial charge in [-0.3, -0.25) is 4.90 Å². The highest BCUT2D eigenvalue weighted by molar-refractivity contribution is 6.32. The average molecular weight is 376 g/mol. The van der Waals surface area contributed by atoms with Crippen molar-refractivity contribution >= 4 is 17.6 Å². The monoisotopic (exact) mass is 375 g/mol. The SMILES string of the molecule is C[C@H](c1ccc(-c2ccc(OCC(=O)O)c(Cl)c2)cc1)N1CCOCC1. The second-order valence-corrected chi connectivity index (χ2v) is 6.68. The van der Waals surface area contributed by atoms with Crippen LogP contribution in [0.2, 0.25) is 5.02 Å². The highest BCUT2D eigenvalue weighted by Crippen LogP contribution is 2.31. The molecule has 1 aliphatic heterocycles. The van der Waals surface area contributed by atoms with Crippen molar-refractivity contribution in [2.75, 3.05) is 32.9 Å². The maximum Gasteiger partial charge on any atom is 0.341 e. The Morgan fingerprint density at radius 3 is 2.46 bits per heavy atom. The van der Waals surface area contributed by atoms with Crippen LogP contribution in [-0.4, -0.2) is 48.9 Å². The Bertz CT molecular complexity index is 757. The largest absolute Gasteiger partial charge is 0.480 e. The fourth-order valence-electron chi connectivity index (χ4n) is 3.07. The molecule has 138 valence electrons. The van der Waals surface area contributed by atoms with E-state index in [1.165, 1.54) is 5.56 Å². The summed E-state index contributed by atoms with van der Waals surface area (Å²) < 4.78 is 10.6. The van der Waals surface area contributed by atoms with Gasteiger partial charge in [-0.05, 0) is 35.7 Å². The molecule has 26 heavy (non-hydrogen) atoms. The van der Waals surface area contributed by atoms with Crippen molar-refractivity contribution < 1.29 is 19.4 Å². The molecule has 3 rings (SSSR count). The number of hydrogen-bond donors (Lipinski definition) is 1. The Hall–Kier alpha value is -2.08. The van der Waals surface area contributed by atoms with Gasteiger partial charge in [-0.1, -0.05) is 41.9 Å². The number of hydrogen-bond acceptors (Lipinski definition) is 4. The molecule has 2 aromatic rings. The van der Waals surface area contributed by atoms with Crippen molar-refractivity contribution in [2.24, 2.45) is 0 Å². The van der Waals surface area contributed by atoms with Crippen molar-refractivity contribution in [1.82, 2.24) is 4.90 Å². The lowest BCUT2D eigenvalue weighted by atomic mass is 10.0. The van der Waals surface area contributed by atoms with Gasteiger partial charge >= 0.3 is 5.97 Å². The van der Waals surface area contributed by atoms with Crippen LogP contribution in [0, 0.1) is 0 Å². The van der Waals surface area contributed by atoms with E-state index in [0.717, 1.165) is 37.4 Å². The molecule has 0 unspecified atom stereocenters. The third-order valence-electron chi connectivity index (χ3n) is 4.60. The number of aliphatic carboxylic acids is 1. The first kappa shape index (κ1) is 18.7. The van der Waals surface area contributed by atoms with Crippen molar-refractivity contribution in [3.05, 3.63) is 53.1 Å². The van der Waals surface area contributed by atoms with Crippen molar-refractivity contribution in [2.45, 2.75) is 13.0 Å². The van der Waals surface area contributed by atoms with Gasteiger partial charge in [-0.2, -0.15) is 0 Å². The Kier molecular flexibility index (Phi) is 6.14. The summed E-state index contributed by atoms with van der Waals surface area (Å²) in [6.45, 7) is 5.29. The van der Waals surface area contributed by atoms with Gasteiger partial charge in [0.1, 0.15) is 5.75 Å². The van der Waals surface area contributed by atoms with Crippen LogP contribution in [-0.2, 0) is 9.53 Å². The van der Waals surface area contributed by atoms with Gasteiger partial charge < -0.3 is 14.6 Å². The number of halogens is 1. The summed E-state index contributed by atoms with van der Waals surface area (Å²) >= 11 is 6.21. The van der Waals surface area contributed by atoms with Crippen LogP contribution >= 0.6 is 11.6 Å². The molecule has 1 heterocycles. The molecule has 0 aliphatic carbocycles. The quantitative estimate of drug-likeness (QED) is 0.830. The second-order valence-electron chi connectivity index (χ2n) is 6.27. The lowest BCUT2D eigenvalue weighted by molar-refractivity contribution is -0.139. The summed E-state index contributed by atoms with van der Waals surface area (Å²) in [4.78, 5) is 13.0. The molecule has 0 radical (unpaired) electrons. The van der Waals surface area contributed by atoms with Gasteiger partial charge in [0.15, 0.2) is 6.61 Å². The van der Waals surface area contributed by atoms with Crippen molar-refractivity contribution in [3.8, 4) is 16.9 Å². The van der Waals surface area contributed by atoms with E-state index in [1.807, 2.05) is 6.07 Å². The Labute approximate surface area is 158 Å². The minimum atomic E-state index is -1.03. The maximum absolute atomic E-state index is 10.6. The van der Waals surface area contributed by atoms with Gasteiger partial charge in [-0.15, -0.1) is 0 Å². The van der Waals surface area contributed by atoms with Crippen LogP contribution in [0.1, 0.15) is 18.5 Å². The number of carbonyl (C=O) groups is 1. The predicted octanol–water partition coefficient (Wildman–Crippen LogP) is 3.86. The molecule has 6 heteroatoms. The van der Waals surface area contributed by atoms with E-state index in [4.69, 9.17) is 26.2 Å². The average Bonchev–Trinajstić information content (AvgIpc) is 2.67. The third kappa shape index (κ3) is 4.55. The van der Waals surface area contributed by atoms with E-state index in [1.54, 1.807) is 12.1 Å². The molecular formula is C20H22ClNO4. The first-order chi connectivity index (χ1) is 12.5. The number of carboxylic acids is 1. The molecular weight excluding hydrogens is 354 g/mol. The minimum Gasteiger partial charge on any atom is -0.480 e. The third-order valence-corrected chi connectivity index (χ3v) is 4.90. The summed E-state index contributed by atoms with van der Waals surface area (Å²) in [6.07, 6.45) is 0. The molecule has 0 bridgehead atoms. The predicted molar refractivity (Wildman–Crippen MR) is 101 cm³/mol. The normalized spacial score (nSPS) is 16.2. The first-order valence-corrected chi connectivity index (χ1v) is 8.98. The lowest BCUT2D eigenvalue weighted by Gasteiger charge is -2.32. The van der Waals surface area contributed by atoms with E-state index in [9.17, 15) is 4.79 Å². The summed E-state index contributed by atoms with van der Waals surface area (Å²) in [6, 6.07) is 14.2. The minimum absolute atomic E-state index is 0.350. The number of morpholine rings is 1. The zero-order valence-corrected chi connectivity index (χ0v) is 15.4. The molecule has 2 aromatic carbocycles. The fraction of sp³-hybridized carbons (Fsp3) is 0.350. The zero-order chi connectivity index (χ0) is 18.5. The van der Waals surface area contributed by atoms with Crippen LogP contribution in [0.4, 0.5) is 0 Å². The fourth-order valence-corrected chi connectivity index (χ4v) is 3.30. The summed E-state index contributed by atoms with van der Waals surface area (Å²) in [5.41, 5.74) is 3.28. The number of nitrogens with zero attached hydrogens (tertiary/aromatic N) is 1. The van der Waals surface area contributed by atoms with Gasteiger partial charge in [0.2, 0.25) is 0 Å². The van der Waals surface area contributed by atoms with E-state index in [2.05, 4.69) is 36.1 Å². The molecule has 1 saturated heterocycles. The second kappa shape index (κ2) is 8.54. The smallest absolute Gasteiger partial charge is 0.341 e. The van der Waals surface area contributed by atoms with E-state index < -0.39 is 12.6 Å². The summed E-state index contributed by atoms with van der Waals surface area (Å²) in [7, 11) is 0. The van der Waals surface area contributed by atoms with Crippen molar-refractivity contribution in [3.63, 3.8) is 0 Å². The maximum atomic E-state index is 10.6. The molecule has 0 spiro atoms. The molecule has 0 saturated carbocycles. The molecule has 1 N–H and O–H groups in total. The molecule has 0 aromatic heterocycles. The van der Waals surface area contributed by atoms with Gasteiger partial charge in [0.05, 0.1) is 18.2 Å². The van der Waals surface area contributed by atoms with Crippen LogP contribution in [0.5, 0.6) is 5.75 Å². The Morgan fingerprint density at radius 1 is 1.19 bits per heavy atom. The summed E-state index contributed by atoms with van der Waals surface area (Å²) in [5.74, 6) is -0.662. The van der Waals surface area contributed by atoms with Gasteiger partial charge in [0.25, 0.3) is 0 Å². The van der Waals surface area contributed by atoms with Crippen LogP contribution < -0.4 is 4.74 Å². The molecule has 0 amide bonds. The van der Waals surface area contributed by atoms with Crippen LogP contribution in [0.25, 0.3) is 11.1 Å². The Morgan fingerprint density at radius 2 is 1.85 bits per heavy atom. The number of carboxylic acid groups (broad SMARTS) is 1. The van der Waals surface area contributed by atoms with E-state index in [-0.39, 0.29) is 0 Å². The molecule has 1 aliphatic rings. The molecule has 5 nitrogen and oxygen atoms in total. The topological polar surface area (TPSA) is 59.0 Å². The molecule has 1 fully saturated rings. The highest BCUT2D eigenvalue weighted by Gasteiger charge is 2.18. The number of rotatable bonds is 6. The first-order valence-electron chi connectivity index (χ1n) is 8.61.